The summed E-state index contributed by atoms with van der Waals surface area (Å²) in [4.78, 5) is 31.4. The molecule has 4 rings (SSSR count). The van der Waals surface area contributed by atoms with Gasteiger partial charge in [0.25, 0.3) is 0 Å². The zero-order chi connectivity index (χ0) is 23.4. The first-order valence-corrected chi connectivity index (χ1v) is 11.2. The summed E-state index contributed by atoms with van der Waals surface area (Å²) in [6, 6.07) is 11.9. The molecule has 2 heterocycles. The number of halogens is 2. The number of hydrogen-bond donors (Lipinski definition) is 1. The smallest absolute Gasteiger partial charge is 0.339 e. The largest absolute Gasteiger partial charge is 0.465 e. The lowest BCUT2D eigenvalue weighted by Gasteiger charge is -2.31. The predicted molar refractivity (Wildman–Crippen MR) is 124 cm³/mol. The molecule has 1 unspecified atom stereocenters. The van der Waals surface area contributed by atoms with Gasteiger partial charge in [0.15, 0.2) is 0 Å². The predicted octanol–water partition coefficient (Wildman–Crippen LogP) is 4.68. The number of rotatable bonds is 6. The highest BCUT2D eigenvalue weighted by Gasteiger charge is 2.28. The molecular weight excluding hydrogens is 467 g/mol. The molecule has 1 atom stereocenters. The van der Waals surface area contributed by atoms with Crippen LogP contribution in [0.1, 0.15) is 29.1 Å². The molecule has 3 aromatic rings. The summed E-state index contributed by atoms with van der Waals surface area (Å²) < 4.78 is 10.2. The quantitative estimate of drug-likeness (QED) is 0.502. The number of ether oxygens (including phenoxy) is 1. The molecule has 0 radical (unpaired) electrons. The number of benzene rings is 2. The third kappa shape index (κ3) is 5.52. The summed E-state index contributed by atoms with van der Waals surface area (Å²) in [5.74, 6) is -0.0533. The van der Waals surface area contributed by atoms with E-state index in [1.165, 1.54) is 7.11 Å². The molecular formula is C23H22Cl2N4O4. The van der Waals surface area contributed by atoms with Crippen LogP contribution in [0.3, 0.4) is 0 Å². The Morgan fingerprint density at radius 2 is 2.06 bits per heavy atom. The molecule has 8 nitrogen and oxygen atoms in total. The topological polar surface area (TPSA) is 97.6 Å². The van der Waals surface area contributed by atoms with E-state index >= 15 is 0 Å². The fourth-order valence-electron chi connectivity index (χ4n) is 3.82. The molecule has 2 aromatic carbocycles. The molecule has 0 bridgehead atoms. The van der Waals surface area contributed by atoms with Crippen LogP contribution in [0, 0.1) is 5.92 Å². The van der Waals surface area contributed by atoms with Gasteiger partial charge in [0, 0.05) is 17.1 Å². The van der Waals surface area contributed by atoms with E-state index in [0.29, 0.717) is 51.7 Å². The second kappa shape index (κ2) is 10.3. The van der Waals surface area contributed by atoms with Crippen LogP contribution in [-0.4, -0.2) is 47.1 Å². The molecule has 0 spiro atoms. The van der Waals surface area contributed by atoms with Crippen molar-refractivity contribution in [1.29, 1.82) is 0 Å². The van der Waals surface area contributed by atoms with E-state index in [-0.39, 0.29) is 11.8 Å². The highest BCUT2D eigenvalue weighted by molar-refractivity contribution is 6.36. The maximum absolute atomic E-state index is 12.9. The molecule has 10 heteroatoms. The maximum Gasteiger partial charge on any atom is 0.339 e. The highest BCUT2D eigenvalue weighted by atomic mass is 35.5. The monoisotopic (exact) mass is 488 g/mol. The molecule has 1 aromatic heterocycles. The van der Waals surface area contributed by atoms with Crippen molar-refractivity contribution in [2.75, 3.05) is 25.5 Å². The Balaban J connectivity index is 1.40. The number of carbonyl (C=O) groups is 2. The minimum atomic E-state index is -0.496. The number of likely N-dealkylation sites (tertiary alicyclic amines) is 1. The second-order valence-electron chi connectivity index (χ2n) is 7.74. The van der Waals surface area contributed by atoms with Gasteiger partial charge in [-0.1, -0.05) is 40.5 Å². The van der Waals surface area contributed by atoms with Gasteiger partial charge in [0.1, 0.15) is 0 Å². The first kappa shape index (κ1) is 23.2. The van der Waals surface area contributed by atoms with E-state index in [0.717, 1.165) is 19.4 Å². The van der Waals surface area contributed by atoms with E-state index in [1.54, 1.807) is 42.5 Å². The Labute approximate surface area is 200 Å². The van der Waals surface area contributed by atoms with Crippen LogP contribution in [0.4, 0.5) is 5.69 Å². The summed E-state index contributed by atoms with van der Waals surface area (Å²) in [6.07, 6.45) is 1.60. The van der Waals surface area contributed by atoms with Crippen LogP contribution < -0.4 is 5.32 Å². The van der Waals surface area contributed by atoms with E-state index in [1.807, 2.05) is 0 Å². The average Bonchev–Trinajstić information content (AvgIpc) is 3.27. The molecule has 1 fully saturated rings. The number of esters is 1. The van der Waals surface area contributed by atoms with Crippen LogP contribution in [0.5, 0.6) is 0 Å². The number of carbonyl (C=O) groups excluding carboxylic acids is 2. The van der Waals surface area contributed by atoms with Gasteiger partial charge in [-0.2, -0.15) is 4.98 Å². The minimum Gasteiger partial charge on any atom is -0.465 e. The number of anilines is 1. The normalized spacial score (nSPS) is 16.4. The lowest BCUT2D eigenvalue weighted by molar-refractivity contribution is -0.121. The average molecular weight is 489 g/mol. The SMILES string of the molecule is COC(=O)c1ccccc1NC(=O)C1CCCN(Cc2nc(-c3ccc(Cl)cc3Cl)no2)C1. The molecule has 1 saturated heterocycles. The molecule has 1 aliphatic heterocycles. The van der Waals surface area contributed by atoms with Gasteiger partial charge in [-0.05, 0) is 49.7 Å². The summed E-state index contributed by atoms with van der Waals surface area (Å²) in [5.41, 5.74) is 1.39. The second-order valence-corrected chi connectivity index (χ2v) is 8.58. The number of aromatic nitrogens is 2. The standard InChI is InChI=1S/C23H22Cl2N4O4/c1-32-23(31)17-6-2-3-7-19(17)26-22(30)14-5-4-10-29(12-14)13-20-27-21(28-33-20)16-9-8-15(24)11-18(16)25/h2-3,6-9,11,14H,4-5,10,12-13H2,1H3,(H,26,30). The van der Waals surface area contributed by atoms with Crippen molar-refractivity contribution in [2.24, 2.45) is 5.92 Å². The molecule has 0 saturated carbocycles. The van der Waals surface area contributed by atoms with Crippen molar-refractivity contribution >= 4 is 40.8 Å². The van der Waals surface area contributed by atoms with Crippen LogP contribution in [0.2, 0.25) is 10.0 Å². The first-order valence-electron chi connectivity index (χ1n) is 10.4. The van der Waals surface area contributed by atoms with Crippen LogP contribution in [0.25, 0.3) is 11.4 Å². The number of hydrogen-bond acceptors (Lipinski definition) is 7. The summed E-state index contributed by atoms with van der Waals surface area (Å²) in [6.45, 7) is 1.76. The van der Waals surface area contributed by atoms with Crippen LogP contribution >= 0.6 is 23.2 Å². The van der Waals surface area contributed by atoms with E-state index < -0.39 is 5.97 Å². The molecule has 172 valence electrons. The van der Waals surface area contributed by atoms with Gasteiger partial charge >= 0.3 is 5.97 Å². The van der Waals surface area contributed by atoms with E-state index in [2.05, 4.69) is 20.4 Å². The van der Waals surface area contributed by atoms with Gasteiger partial charge < -0.3 is 14.6 Å². The third-order valence-corrected chi connectivity index (χ3v) is 6.01. The van der Waals surface area contributed by atoms with Crippen molar-refractivity contribution in [1.82, 2.24) is 15.0 Å². The maximum atomic E-state index is 12.9. The Morgan fingerprint density at radius 3 is 2.85 bits per heavy atom. The Morgan fingerprint density at radius 1 is 1.24 bits per heavy atom. The Kier molecular flexibility index (Phi) is 7.27. The molecule has 1 N–H and O–H groups in total. The molecule has 1 aliphatic rings. The van der Waals surface area contributed by atoms with Gasteiger partial charge in [-0.15, -0.1) is 0 Å². The Bertz CT molecular complexity index is 1170. The van der Waals surface area contributed by atoms with Gasteiger partial charge in [0.2, 0.25) is 17.6 Å². The van der Waals surface area contributed by atoms with Crippen molar-refractivity contribution in [3.63, 3.8) is 0 Å². The molecule has 1 amide bonds. The van der Waals surface area contributed by atoms with E-state index in [9.17, 15) is 9.59 Å². The first-order chi connectivity index (χ1) is 15.9. The minimum absolute atomic E-state index is 0.143. The van der Waals surface area contributed by atoms with Crippen LogP contribution in [0.15, 0.2) is 47.0 Å². The van der Waals surface area contributed by atoms with Crippen molar-refractivity contribution in [3.05, 3.63) is 64.0 Å². The zero-order valence-electron chi connectivity index (χ0n) is 17.9. The van der Waals surface area contributed by atoms with Crippen molar-refractivity contribution in [3.8, 4) is 11.4 Å². The number of methoxy groups -OCH3 is 1. The third-order valence-electron chi connectivity index (χ3n) is 5.47. The summed E-state index contributed by atoms with van der Waals surface area (Å²) in [5, 5.41) is 7.86. The summed E-state index contributed by atoms with van der Waals surface area (Å²) >= 11 is 12.2. The molecule has 33 heavy (non-hydrogen) atoms. The van der Waals surface area contributed by atoms with Crippen molar-refractivity contribution < 1.29 is 18.8 Å². The Hall–Kier alpha value is -2.94. The van der Waals surface area contributed by atoms with Gasteiger partial charge in [-0.3, -0.25) is 9.69 Å². The summed E-state index contributed by atoms with van der Waals surface area (Å²) in [7, 11) is 1.31. The van der Waals surface area contributed by atoms with Crippen molar-refractivity contribution in [2.45, 2.75) is 19.4 Å². The fraction of sp³-hybridized carbons (Fsp3) is 0.304. The van der Waals surface area contributed by atoms with Gasteiger partial charge in [-0.25, -0.2) is 4.79 Å². The fourth-order valence-corrected chi connectivity index (χ4v) is 4.31. The highest BCUT2D eigenvalue weighted by Crippen LogP contribution is 2.29. The van der Waals surface area contributed by atoms with E-state index in [4.69, 9.17) is 32.5 Å². The lowest BCUT2D eigenvalue weighted by Crippen LogP contribution is -2.40. The molecule has 0 aliphatic carbocycles. The zero-order valence-corrected chi connectivity index (χ0v) is 19.4. The number of para-hydroxylation sites is 1. The number of amides is 1. The number of piperidine rings is 1. The number of nitrogens with one attached hydrogen (secondary N) is 1. The van der Waals surface area contributed by atoms with Crippen LogP contribution in [-0.2, 0) is 16.1 Å². The van der Waals surface area contributed by atoms with Gasteiger partial charge in [0.05, 0.1) is 35.8 Å². The number of nitrogens with zero attached hydrogens (tertiary/aromatic N) is 3. The lowest BCUT2D eigenvalue weighted by atomic mass is 9.97.